The molecule has 0 radical (unpaired) electrons. The molecule has 0 fully saturated rings. The van der Waals surface area contributed by atoms with Gasteiger partial charge in [0.2, 0.25) is 0 Å². The molecule has 0 saturated carbocycles. The fraction of sp³-hybridized carbons (Fsp3) is 0.438. The summed E-state index contributed by atoms with van der Waals surface area (Å²) in [4.78, 5) is 14.8. The van der Waals surface area contributed by atoms with E-state index in [2.05, 4.69) is 37.0 Å². The zero-order valence-corrected chi connectivity index (χ0v) is 14.7. The molecule has 0 spiro atoms. The Kier molecular flexibility index (Phi) is 3.18. The maximum atomic E-state index is 5.98. The topological polar surface area (TPSA) is 47.9 Å². The molecule has 6 heteroatoms. The molecule has 4 rings (SSSR count). The fourth-order valence-electron chi connectivity index (χ4n) is 3.09. The summed E-state index contributed by atoms with van der Waals surface area (Å²) in [7, 11) is 0. The molecule has 0 amide bonds. The van der Waals surface area contributed by atoms with Crippen LogP contribution in [0.2, 0.25) is 0 Å². The van der Waals surface area contributed by atoms with Crippen molar-refractivity contribution in [3.05, 3.63) is 23.1 Å². The largest absolute Gasteiger partial charge is 0.370 e. The van der Waals surface area contributed by atoms with E-state index in [9.17, 15) is 0 Å². The number of aromatic nitrogens is 3. The van der Waals surface area contributed by atoms with Gasteiger partial charge in [0, 0.05) is 23.1 Å². The Bertz CT molecular complexity index is 901. The summed E-state index contributed by atoms with van der Waals surface area (Å²) in [5.41, 5.74) is 4.56. The summed E-state index contributed by atoms with van der Waals surface area (Å²) in [6.07, 6.45) is 4.61. The molecule has 3 aromatic heterocycles. The van der Waals surface area contributed by atoms with E-state index < -0.39 is 0 Å². The number of hydrogen-bond donors (Lipinski definition) is 0. The molecule has 22 heavy (non-hydrogen) atoms. The number of aryl methyl sites for hydroxylation is 1. The number of ether oxygens (including phenoxy) is 1. The normalized spacial score (nSPS) is 17.1. The molecule has 0 N–H and O–H groups in total. The third-order valence-electron chi connectivity index (χ3n) is 4.20. The Morgan fingerprint density at radius 3 is 2.86 bits per heavy atom. The van der Waals surface area contributed by atoms with Crippen LogP contribution < -0.4 is 0 Å². The van der Waals surface area contributed by atoms with E-state index >= 15 is 0 Å². The molecule has 1 aliphatic heterocycles. The van der Waals surface area contributed by atoms with Gasteiger partial charge in [0.05, 0.1) is 22.4 Å². The highest BCUT2D eigenvalue weighted by molar-refractivity contribution is 7.98. The van der Waals surface area contributed by atoms with Gasteiger partial charge in [-0.25, -0.2) is 15.0 Å². The van der Waals surface area contributed by atoms with Crippen LogP contribution in [0.25, 0.3) is 20.4 Å². The van der Waals surface area contributed by atoms with Crippen molar-refractivity contribution in [2.45, 2.75) is 44.4 Å². The van der Waals surface area contributed by atoms with Gasteiger partial charge in [0.25, 0.3) is 0 Å². The standard InChI is InChI=1S/C16H17N3OS2/c1-8-10-6-20-16(2,3)5-9(10)11-12-13(22-14(11)19-8)15(21-4)18-7-17-12/h7H,5-6H2,1-4H3. The second-order valence-corrected chi connectivity index (χ2v) is 8.02. The Morgan fingerprint density at radius 1 is 1.27 bits per heavy atom. The molecular formula is C16H17N3OS2. The van der Waals surface area contributed by atoms with Gasteiger partial charge < -0.3 is 4.74 Å². The number of pyridine rings is 1. The zero-order chi connectivity index (χ0) is 15.5. The zero-order valence-electron chi connectivity index (χ0n) is 13.1. The minimum absolute atomic E-state index is 0.142. The van der Waals surface area contributed by atoms with Gasteiger partial charge in [-0.2, -0.15) is 0 Å². The minimum Gasteiger partial charge on any atom is -0.370 e. The van der Waals surface area contributed by atoms with Crippen molar-refractivity contribution >= 4 is 43.5 Å². The van der Waals surface area contributed by atoms with Crippen LogP contribution in [0.4, 0.5) is 0 Å². The first kappa shape index (κ1) is 14.4. The Balaban J connectivity index is 2.13. The van der Waals surface area contributed by atoms with Gasteiger partial charge in [-0.3, -0.25) is 0 Å². The Morgan fingerprint density at radius 2 is 2.09 bits per heavy atom. The van der Waals surface area contributed by atoms with E-state index in [0.29, 0.717) is 6.61 Å². The molecule has 0 aliphatic carbocycles. The van der Waals surface area contributed by atoms with Crippen molar-refractivity contribution in [3.8, 4) is 0 Å². The van der Waals surface area contributed by atoms with Crippen molar-refractivity contribution in [1.82, 2.24) is 15.0 Å². The van der Waals surface area contributed by atoms with Crippen LogP contribution in [0.1, 0.15) is 30.7 Å². The molecular weight excluding hydrogens is 314 g/mol. The van der Waals surface area contributed by atoms with Crippen LogP contribution >= 0.6 is 23.1 Å². The lowest BCUT2D eigenvalue weighted by molar-refractivity contribution is -0.0400. The van der Waals surface area contributed by atoms with Crippen LogP contribution in [0.5, 0.6) is 0 Å². The summed E-state index contributed by atoms with van der Waals surface area (Å²) in [5.74, 6) is 0. The van der Waals surface area contributed by atoms with E-state index in [0.717, 1.165) is 32.2 Å². The molecule has 0 atom stereocenters. The molecule has 3 aromatic rings. The van der Waals surface area contributed by atoms with Gasteiger partial charge in [-0.1, -0.05) is 0 Å². The van der Waals surface area contributed by atoms with Crippen molar-refractivity contribution in [2.24, 2.45) is 0 Å². The molecule has 1 aliphatic rings. The molecule has 4 heterocycles. The van der Waals surface area contributed by atoms with Gasteiger partial charge >= 0.3 is 0 Å². The molecule has 0 aromatic carbocycles. The predicted molar refractivity (Wildman–Crippen MR) is 91.8 cm³/mol. The number of thiophene rings is 1. The van der Waals surface area contributed by atoms with Crippen molar-refractivity contribution in [3.63, 3.8) is 0 Å². The summed E-state index contributed by atoms with van der Waals surface area (Å²) in [6.45, 7) is 7.00. The van der Waals surface area contributed by atoms with Gasteiger partial charge in [0.15, 0.2) is 0 Å². The minimum atomic E-state index is -0.142. The number of hydrogen-bond acceptors (Lipinski definition) is 6. The second kappa shape index (κ2) is 4.88. The lowest BCUT2D eigenvalue weighted by Gasteiger charge is -2.32. The highest BCUT2D eigenvalue weighted by Gasteiger charge is 2.30. The molecule has 0 bridgehead atoms. The summed E-state index contributed by atoms with van der Waals surface area (Å²) in [5, 5.41) is 2.24. The van der Waals surface area contributed by atoms with Crippen LogP contribution in [0, 0.1) is 6.92 Å². The molecule has 114 valence electrons. The van der Waals surface area contributed by atoms with Gasteiger partial charge in [-0.15, -0.1) is 23.1 Å². The number of nitrogens with zero attached hydrogens (tertiary/aromatic N) is 3. The first-order chi connectivity index (χ1) is 10.5. The Hall–Kier alpha value is -1.24. The first-order valence-corrected chi connectivity index (χ1v) is 9.28. The van der Waals surface area contributed by atoms with Crippen molar-refractivity contribution in [2.75, 3.05) is 6.26 Å². The smallest absolute Gasteiger partial charge is 0.126 e. The summed E-state index contributed by atoms with van der Waals surface area (Å²) < 4.78 is 7.13. The maximum absolute atomic E-state index is 5.98. The third-order valence-corrected chi connectivity index (χ3v) is 6.10. The highest BCUT2D eigenvalue weighted by Crippen LogP contribution is 2.42. The quantitative estimate of drug-likeness (QED) is 0.496. The predicted octanol–water partition coefficient (Wildman–Crippen LogP) is 4.12. The van der Waals surface area contributed by atoms with Gasteiger partial charge in [0.1, 0.15) is 16.2 Å². The fourth-order valence-corrected chi connectivity index (χ4v) is 4.99. The van der Waals surface area contributed by atoms with E-state index in [1.807, 2.05) is 0 Å². The highest BCUT2D eigenvalue weighted by atomic mass is 32.2. The first-order valence-electron chi connectivity index (χ1n) is 7.23. The number of thioether (sulfide) groups is 1. The average Bonchev–Trinajstić information content (AvgIpc) is 2.84. The summed E-state index contributed by atoms with van der Waals surface area (Å²) >= 11 is 3.36. The monoisotopic (exact) mass is 331 g/mol. The lowest BCUT2D eigenvalue weighted by atomic mass is 9.89. The van der Waals surface area contributed by atoms with E-state index in [1.54, 1.807) is 29.4 Å². The maximum Gasteiger partial charge on any atom is 0.126 e. The van der Waals surface area contributed by atoms with Gasteiger partial charge in [-0.05, 0) is 32.6 Å². The van der Waals surface area contributed by atoms with Crippen molar-refractivity contribution < 1.29 is 4.74 Å². The molecule has 0 unspecified atom stereocenters. The lowest BCUT2D eigenvalue weighted by Crippen LogP contribution is -2.32. The molecule has 4 nitrogen and oxygen atoms in total. The van der Waals surface area contributed by atoms with Crippen LogP contribution in [0.15, 0.2) is 11.4 Å². The van der Waals surface area contributed by atoms with Crippen LogP contribution in [0.3, 0.4) is 0 Å². The van der Waals surface area contributed by atoms with Crippen LogP contribution in [-0.2, 0) is 17.8 Å². The van der Waals surface area contributed by atoms with E-state index in [-0.39, 0.29) is 5.60 Å². The van der Waals surface area contributed by atoms with Crippen molar-refractivity contribution in [1.29, 1.82) is 0 Å². The van der Waals surface area contributed by atoms with E-state index in [1.165, 1.54) is 16.5 Å². The molecule has 0 saturated heterocycles. The number of rotatable bonds is 1. The second-order valence-electron chi connectivity index (χ2n) is 6.22. The third kappa shape index (κ3) is 2.05. The van der Waals surface area contributed by atoms with E-state index in [4.69, 9.17) is 9.72 Å². The van der Waals surface area contributed by atoms with Crippen LogP contribution in [-0.4, -0.2) is 26.8 Å². The summed E-state index contributed by atoms with van der Waals surface area (Å²) in [6, 6.07) is 0. The average molecular weight is 331 g/mol. The SMILES string of the molecule is CSc1ncnc2c1sc1nc(C)c3c(c12)CC(C)(C)OC3. The Labute approximate surface area is 137 Å². The number of fused-ring (bicyclic) bond motifs is 5.